The van der Waals surface area contributed by atoms with Crippen LogP contribution in [0.3, 0.4) is 0 Å². The van der Waals surface area contributed by atoms with E-state index in [1.165, 1.54) is 0 Å². The number of aliphatic hydroxyl groups is 1. The van der Waals surface area contributed by atoms with E-state index in [2.05, 4.69) is 10.3 Å². The molecule has 0 aromatic heterocycles. The molecule has 1 unspecified atom stereocenters. The summed E-state index contributed by atoms with van der Waals surface area (Å²) in [6, 6.07) is 17.3. The zero-order valence-electron chi connectivity index (χ0n) is 15.7. The molecule has 1 atom stereocenters. The Balaban J connectivity index is 0.00000364. The number of halogens is 1. The summed E-state index contributed by atoms with van der Waals surface area (Å²) in [5.74, 6) is 1.04. The lowest BCUT2D eigenvalue weighted by Gasteiger charge is -2.12. The van der Waals surface area contributed by atoms with E-state index in [1.807, 2.05) is 68.4 Å². The Morgan fingerprint density at radius 2 is 1.78 bits per heavy atom. The van der Waals surface area contributed by atoms with E-state index in [4.69, 9.17) is 15.2 Å². The van der Waals surface area contributed by atoms with Crippen molar-refractivity contribution in [3.05, 3.63) is 60.2 Å². The summed E-state index contributed by atoms with van der Waals surface area (Å²) in [6.07, 6.45) is -0.577. The van der Waals surface area contributed by atoms with Gasteiger partial charge in [-0.2, -0.15) is 0 Å². The fourth-order valence-electron chi connectivity index (χ4n) is 2.22. The van der Waals surface area contributed by atoms with E-state index in [-0.39, 0.29) is 49.2 Å². The van der Waals surface area contributed by atoms with E-state index in [0.717, 1.165) is 17.0 Å². The third kappa shape index (κ3) is 9.60. The maximum atomic E-state index is 9.93. The maximum Gasteiger partial charge on any atom is 0.193 e. The average molecular weight is 485 g/mol. The number of ether oxygens (including phenoxy) is 2. The second kappa shape index (κ2) is 12.5. The quantitative estimate of drug-likeness (QED) is 0.288. The van der Waals surface area contributed by atoms with Crippen LogP contribution in [0.25, 0.3) is 0 Å². The van der Waals surface area contributed by atoms with Gasteiger partial charge in [0.15, 0.2) is 5.96 Å². The molecule has 27 heavy (non-hydrogen) atoms. The SMILES string of the molecule is CC(C)Oc1ccc(NC(N)=NCC(O)COCc2ccccc2)cc1.I. The summed E-state index contributed by atoms with van der Waals surface area (Å²) in [6.45, 7) is 4.78. The van der Waals surface area contributed by atoms with Crippen LogP contribution in [0.1, 0.15) is 19.4 Å². The van der Waals surface area contributed by atoms with Gasteiger partial charge in [0.05, 0.1) is 32.0 Å². The van der Waals surface area contributed by atoms with Crippen LogP contribution in [-0.4, -0.2) is 36.4 Å². The molecule has 0 amide bonds. The van der Waals surface area contributed by atoms with Crippen LogP contribution in [-0.2, 0) is 11.3 Å². The van der Waals surface area contributed by atoms with Crippen molar-refractivity contribution in [1.82, 2.24) is 0 Å². The van der Waals surface area contributed by atoms with Crippen molar-refractivity contribution in [2.75, 3.05) is 18.5 Å². The van der Waals surface area contributed by atoms with Crippen LogP contribution >= 0.6 is 24.0 Å². The lowest BCUT2D eigenvalue weighted by Crippen LogP contribution is -2.26. The predicted octanol–water partition coefficient (Wildman–Crippen LogP) is 3.40. The van der Waals surface area contributed by atoms with E-state index in [1.54, 1.807) is 0 Å². The number of anilines is 1. The second-order valence-electron chi connectivity index (χ2n) is 6.20. The summed E-state index contributed by atoms with van der Waals surface area (Å²) in [5, 5.41) is 12.9. The number of nitrogens with one attached hydrogen (secondary N) is 1. The van der Waals surface area contributed by atoms with Crippen LogP contribution in [0.5, 0.6) is 5.75 Å². The van der Waals surface area contributed by atoms with Crippen LogP contribution in [0.2, 0.25) is 0 Å². The Morgan fingerprint density at radius 3 is 2.41 bits per heavy atom. The third-order valence-electron chi connectivity index (χ3n) is 3.39. The summed E-state index contributed by atoms with van der Waals surface area (Å²) in [5.41, 5.74) is 7.72. The first kappa shape index (κ1) is 23.2. The molecule has 148 valence electrons. The van der Waals surface area contributed by atoms with Crippen LogP contribution < -0.4 is 15.8 Å². The topological polar surface area (TPSA) is 89.1 Å². The van der Waals surface area contributed by atoms with Gasteiger partial charge in [-0.3, -0.25) is 4.99 Å². The van der Waals surface area contributed by atoms with E-state index >= 15 is 0 Å². The molecular formula is C20H28IN3O3. The minimum Gasteiger partial charge on any atom is -0.491 e. The lowest BCUT2D eigenvalue weighted by molar-refractivity contribution is 0.0331. The number of nitrogens with two attached hydrogens (primary N) is 1. The van der Waals surface area contributed by atoms with Crippen LogP contribution in [0.4, 0.5) is 5.69 Å². The van der Waals surface area contributed by atoms with Crippen molar-refractivity contribution in [3.63, 3.8) is 0 Å². The second-order valence-corrected chi connectivity index (χ2v) is 6.20. The molecule has 4 N–H and O–H groups in total. The molecule has 0 bridgehead atoms. The molecule has 0 fully saturated rings. The minimum atomic E-state index is -0.708. The van der Waals surface area contributed by atoms with Gasteiger partial charge in [0, 0.05) is 5.69 Å². The van der Waals surface area contributed by atoms with Gasteiger partial charge in [-0.25, -0.2) is 0 Å². The van der Waals surface area contributed by atoms with Crippen LogP contribution in [0, 0.1) is 0 Å². The molecule has 0 heterocycles. The van der Waals surface area contributed by atoms with Gasteiger partial charge < -0.3 is 25.6 Å². The summed E-state index contributed by atoms with van der Waals surface area (Å²) < 4.78 is 11.1. The lowest BCUT2D eigenvalue weighted by atomic mass is 10.2. The minimum absolute atomic E-state index is 0. The number of hydrogen-bond donors (Lipinski definition) is 3. The monoisotopic (exact) mass is 485 g/mol. The Labute approximate surface area is 177 Å². The van der Waals surface area contributed by atoms with Gasteiger partial charge in [0.1, 0.15) is 5.75 Å². The molecule has 0 radical (unpaired) electrons. The van der Waals surface area contributed by atoms with E-state index < -0.39 is 6.10 Å². The predicted molar refractivity (Wildman–Crippen MR) is 120 cm³/mol. The fourth-order valence-corrected chi connectivity index (χ4v) is 2.22. The molecule has 0 aliphatic carbocycles. The standard InChI is InChI=1S/C20H27N3O3.HI/c1-15(2)26-19-10-8-17(9-11-19)23-20(21)22-12-18(24)14-25-13-16-6-4-3-5-7-16;/h3-11,15,18,24H,12-14H2,1-2H3,(H3,21,22,23);1H. The number of aliphatic imine (C=N–C) groups is 1. The van der Waals surface area contributed by atoms with Crippen molar-refractivity contribution in [2.45, 2.75) is 32.7 Å². The first-order valence-corrected chi connectivity index (χ1v) is 8.66. The molecule has 0 aliphatic heterocycles. The van der Waals surface area contributed by atoms with Gasteiger partial charge in [-0.15, -0.1) is 24.0 Å². The number of hydrogen-bond acceptors (Lipinski definition) is 4. The molecule has 0 spiro atoms. The molecule has 2 rings (SSSR count). The van der Waals surface area contributed by atoms with Gasteiger partial charge in [-0.05, 0) is 43.7 Å². The highest BCUT2D eigenvalue weighted by atomic mass is 127. The highest BCUT2D eigenvalue weighted by Crippen LogP contribution is 2.16. The first-order chi connectivity index (χ1) is 12.5. The van der Waals surface area contributed by atoms with Crippen molar-refractivity contribution >= 4 is 35.6 Å². The Morgan fingerprint density at radius 1 is 1.11 bits per heavy atom. The molecule has 6 nitrogen and oxygen atoms in total. The molecule has 7 heteroatoms. The normalized spacial score (nSPS) is 12.4. The van der Waals surface area contributed by atoms with Gasteiger partial charge in [0.2, 0.25) is 0 Å². The highest BCUT2D eigenvalue weighted by molar-refractivity contribution is 14.0. The van der Waals surface area contributed by atoms with Crippen molar-refractivity contribution in [3.8, 4) is 5.75 Å². The Hall–Kier alpha value is -1.84. The molecule has 2 aromatic rings. The van der Waals surface area contributed by atoms with Crippen LogP contribution in [0.15, 0.2) is 59.6 Å². The van der Waals surface area contributed by atoms with Gasteiger partial charge >= 0.3 is 0 Å². The Bertz CT molecular complexity index is 679. The highest BCUT2D eigenvalue weighted by Gasteiger charge is 2.05. The number of benzene rings is 2. The first-order valence-electron chi connectivity index (χ1n) is 8.66. The summed E-state index contributed by atoms with van der Waals surface area (Å²) in [7, 11) is 0. The van der Waals surface area contributed by atoms with Crippen molar-refractivity contribution in [1.29, 1.82) is 0 Å². The van der Waals surface area contributed by atoms with E-state index in [0.29, 0.717) is 6.61 Å². The third-order valence-corrected chi connectivity index (χ3v) is 3.39. The zero-order valence-corrected chi connectivity index (χ0v) is 18.0. The molecule has 0 saturated heterocycles. The largest absolute Gasteiger partial charge is 0.491 e. The number of rotatable bonds is 9. The molecule has 0 saturated carbocycles. The number of nitrogens with zero attached hydrogens (tertiary/aromatic N) is 1. The van der Waals surface area contributed by atoms with Gasteiger partial charge in [0.25, 0.3) is 0 Å². The number of guanidine groups is 1. The number of aliphatic hydroxyl groups excluding tert-OH is 1. The van der Waals surface area contributed by atoms with Gasteiger partial charge in [-0.1, -0.05) is 30.3 Å². The summed E-state index contributed by atoms with van der Waals surface area (Å²) >= 11 is 0. The molecule has 2 aromatic carbocycles. The zero-order chi connectivity index (χ0) is 18.8. The van der Waals surface area contributed by atoms with E-state index in [9.17, 15) is 5.11 Å². The summed E-state index contributed by atoms with van der Waals surface area (Å²) in [4.78, 5) is 4.14. The molecule has 0 aliphatic rings. The Kier molecular flexibility index (Phi) is 10.8. The van der Waals surface area contributed by atoms with Crippen molar-refractivity contribution in [2.24, 2.45) is 10.7 Å². The smallest absolute Gasteiger partial charge is 0.193 e. The molecular weight excluding hydrogens is 457 g/mol. The average Bonchev–Trinajstić information content (AvgIpc) is 2.62. The van der Waals surface area contributed by atoms with Crippen molar-refractivity contribution < 1.29 is 14.6 Å². The maximum absolute atomic E-state index is 9.93. The fraction of sp³-hybridized carbons (Fsp3) is 0.350.